The standard InChI is InChI=1S/C14H17NO2/c1-14(2,3)11-7-9(13(16)17-4)8-12-10(11)5-6-15-12/h5-8,15H,1-4H3. The van der Waals surface area contributed by atoms with Crippen molar-refractivity contribution in [2.24, 2.45) is 0 Å². The molecule has 0 saturated heterocycles. The Morgan fingerprint density at radius 1 is 1.29 bits per heavy atom. The van der Waals surface area contributed by atoms with E-state index >= 15 is 0 Å². The van der Waals surface area contributed by atoms with Gasteiger partial charge in [-0.15, -0.1) is 0 Å². The second-order valence-electron chi connectivity index (χ2n) is 5.20. The molecule has 1 aromatic carbocycles. The molecule has 1 aromatic heterocycles. The van der Waals surface area contributed by atoms with Gasteiger partial charge < -0.3 is 9.72 Å². The van der Waals surface area contributed by atoms with Crippen molar-refractivity contribution >= 4 is 16.9 Å². The minimum atomic E-state index is -0.299. The summed E-state index contributed by atoms with van der Waals surface area (Å²) in [5, 5.41) is 1.16. The Morgan fingerprint density at radius 3 is 2.59 bits per heavy atom. The molecule has 0 bridgehead atoms. The Kier molecular flexibility index (Phi) is 2.69. The summed E-state index contributed by atoms with van der Waals surface area (Å²) in [4.78, 5) is 14.8. The highest BCUT2D eigenvalue weighted by Gasteiger charge is 2.20. The van der Waals surface area contributed by atoms with Gasteiger partial charge >= 0.3 is 5.97 Å². The number of carbonyl (C=O) groups excluding carboxylic acids is 1. The molecular weight excluding hydrogens is 214 g/mol. The predicted octanol–water partition coefficient (Wildman–Crippen LogP) is 3.25. The van der Waals surface area contributed by atoms with Crippen LogP contribution >= 0.6 is 0 Å². The van der Waals surface area contributed by atoms with Crippen molar-refractivity contribution in [3.8, 4) is 0 Å². The zero-order valence-electron chi connectivity index (χ0n) is 10.6. The van der Waals surface area contributed by atoms with Gasteiger partial charge in [0.25, 0.3) is 0 Å². The van der Waals surface area contributed by atoms with E-state index in [-0.39, 0.29) is 11.4 Å². The van der Waals surface area contributed by atoms with Crippen molar-refractivity contribution in [2.45, 2.75) is 26.2 Å². The molecule has 0 aliphatic carbocycles. The predicted molar refractivity (Wildman–Crippen MR) is 68.3 cm³/mol. The van der Waals surface area contributed by atoms with Crippen molar-refractivity contribution in [2.75, 3.05) is 7.11 Å². The van der Waals surface area contributed by atoms with Gasteiger partial charge in [-0.2, -0.15) is 0 Å². The molecule has 0 aliphatic rings. The summed E-state index contributed by atoms with van der Waals surface area (Å²) in [6.45, 7) is 6.40. The van der Waals surface area contributed by atoms with Crippen LogP contribution in [0, 0.1) is 0 Å². The first-order valence-electron chi connectivity index (χ1n) is 5.63. The third-order valence-electron chi connectivity index (χ3n) is 2.90. The highest BCUT2D eigenvalue weighted by atomic mass is 16.5. The van der Waals surface area contributed by atoms with Crippen molar-refractivity contribution in [1.82, 2.24) is 4.98 Å². The molecule has 3 nitrogen and oxygen atoms in total. The number of nitrogens with one attached hydrogen (secondary N) is 1. The van der Waals surface area contributed by atoms with Crippen LogP contribution in [0.15, 0.2) is 24.4 Å². The van der Waals surface area contributed by atoms with Crippen LogP contribution in [0.2, 0.25) is 0 Å². The van der Waals surface area contributed by atoms with E-state index in [1.807, 2.05) is 24.4 Å². The molecular formula is C14H17NO2. The minimum absolute atomic E-state index is 0.00945. The van der Waals surface area contributed by atoms with E-state index in [4.69, 9.17) is 4.74 Å². The van der Waals surface area contributed by atoms with Gasteiger partial charge in [-0.3, -0.25) is 0 Å². The van der Waals surface area contributed by atoms with E-state index in [9.17, 15) is 4.79 Å². The number of H-pyrrole nitrogens is 1. The van der Waals surface area contributed by atoms with E-state index in [0.29, 0.717) is 5.56 Å². The quantitative estimate of drug-likeness (QED) is 0.765. The first kappa shape index (κ1) is 11.7. The maximum absolute atomic E-state index is 11.6. The number of aromatic nitrogens is 1. The lowest BCUT2D eigenvalue weighted by Crippen LogP contribution is -2.13. The van der Waals surface area contributed by atoms with E-state index in [0.717, 1.165) is 16.5 Å². The summed E-state index contributed by atoms with van der Waals surface area (Å²) in [5.74, 6) is -0.299. The highest BCUT2D eigenvalue weighted by Crippen LogP contribution is 2.31. The zero-order chi connectivity index (χ0) is 12.6. The second-order valence-corrected chi connectivity index (χ2v) is 5.20. The summed E-state index contributed by atoms with van der Waals surface area (Å²) >= 11 is 0. The van der Waals surface area contributed by atoms with Gasteiger partial charge in [-0.1, -0.05) is 20.8 Å². The number of fused-ring (bicyclic) bond motifs is 1. The van der Waals surface area contributed by atoms with Gasteiger partial charge in [-0.25, -0.2) is 4.79 Å². The first-order chi connectivity index (χ1) is 7.93. The fraction of sp³-hybridized carbons (Fsp3) is 0.357. The molecule has 90 valence electrons. The molecule has 2 aromatic rings. The molecule has 0 radical (unpaired) electrons. The minimum Gasteiger partial charge on any atom is -0.465 e. The summed E-state index contributed by atoms with van der Waals surface area (Å²) in [7, 11) is 1.40. The lowest BCUT2D eigenvalue weighted by Gasteiger charge is -2.21. The number of hydrogen-bond acceptors (Lipinski definition) is 2. The molecule has 0 fully saturated rings. The Balaban J connectivity index is 2.71. The molecule has 0 amide bonds. The highest BCUT2D eigenvalue weighted by molar-refractivity contribution is 5.96. The molecule has 1 heterocycles. The molecule has 0 unspecified atom stereocenters. The summed E-state index contributed by atoms with van der Waals surface area (Å²) in [6.07, 6.45) is 1.89. The van der Waals surface area contributed by atoms with Crippen LogP contribution in [-0.4, -0.2) is 18.1 Å². The van der Waals surface area contributed by atoms with Crippen LogP contribution < -0.4 is 0 Å². The number of aromatic amines is 1. The second kappa shape index (κ2) is 3.91. The molecule has 2 rings (SSSR count). The van der Waals surface area contributed by atoms with Crippen molar-refractivity contribution in [3.63, 3.8) is 0 Å². The molecule has 1 N–H and O–H groups in total. The van der Waals surface area contributed by atoms with Gasteiger partial charge in [0.15, 0.2) is 0 Å². The number of ether oxygens (including phenoxy) is 1. The van der Waals surface area contributed by atoms with E-state index < -0.39 is 0 Å². The van der Waals surface area contributed by atoms with Gasteiger partial charge in [0.05, 0.1) is 12.7 Å². The molecule has 17 heavy (non-hydrogen) atoms. The van der Waals surface area contributed by atoms with Crippen LogP contribution in [0.25, 0.3) is 10.9 Å². The van der Waals surface area contributed by atoms with Crippen LogP contribution in [0.4, 0.5) is 0 Å². The Hall–Kier alpha value is -1.77. The fourth-order valence-electron chi connectivity index (χ4n) is 2.02. The maximum atomic E-state index is 11.6. The van der Waals surface area contributed by atoms with E-state index in [2.05, 4.69) is 25.8 Å². The number of esters is 1. The van der Waals surface area contributed by atoms with Crippen LogP contribution in [0.1, 0.15) is 36.7 Å². The lowest BCUT2D eigenvalue weighted by molar-refractivity contribution is 0.0600. The molecule has 0 atom stereocenters. The van der Waals surface area contributed by atoms with Gasteiger partial charge in [0, 0.05) is 17.1 Å². The fourth-order valence-corrected chi connectivity index (χ4v) is 2.02. The monoisotopic (exact) mass is 231 g/mol. The van der Waals surface area contributed by atoms with Gasteiger partial charge in [-0.05, 0) is 29.2 Å². The number of benzene rings is 1. The lowest BCUT2D eigenvalue weighted by atomic mass is 9.84. The zero-order valence-corrected chi connectivity index (χ0v) is 10.6. The van der Waals surface area contributed by atoms with Gasteiger partial charge in [0.2, 0.25) is 0 Å². The summed E-state index contributed by atoms with van der Waals surface area (Å²) in [5.41, 5.74) is 2.70. The Labute approximate surface area is 101 Å². The molecule has 0 spiro atoms. The van der Waals surface area contributed by atoms with Crippen LogP contribution in [0.5, 0.6) is 0 Å². The number of methoxy groups -OCH3 is 1. The number of rotatable bonds is 1. The van der Waals surface area contributed by atoms with Crippen LogP contribution in [-0.2, 0) is 10.2 Å². The Bertz CT molecular complexity index is 561. The Morgan fingerprint density at radius 2 is 2.00 bits per heavy atom. The summed E-state index contributed by atoms with van der Waals surface area (Å²) in [6, 6.07) is 5.79. The summed E-state index contributed by atoms with van der Waals surface area (Å²) < 4.78 is 4.78. The average Bonchev–Trinajstić information content (AvgIpc) is 2.72. The topological polar surface area (TPSA) is 42.1 Å². The first-order valence-corrected chi connectivity index (χ1v) is 5.63. The van der Waals surface area contributed by atoms with Crippen molar-refractivity contribution < 1.29 is 9.53 Å². The van der Waals surface area contributed by atoms with E-state index in [1.54, 1.807) is 0 Å². The average molecular weight is 231 g/mol. The SMILES string of the molecule is COC(=O)c1cc(C(C)(C)C)c2cc[nH]c2c1. The van der Waals surface area contributed by atoms with Crippen molar-refractivity contribution in [3.05, 3.63) is 35.5 Å². The largest absolute Gasteiger partial charge is 0.465 e. The smallest absolute Gasteiger partial charge is 0.337 e. The van der Waals surface area contributed by atoms with Crippen molar-refractivity contribution in [1.29, 1.82) is 0 Å². The normalized spacial score (nSPS) is 11.8. The third kappa shape index (κ3) is 2.05. The van der Waals surface area contributed by atoms with E-state index in [1.165, 1.54) is 7.11 Å². The third-order valence-corrected chi connectivity index (χ3v) is 2.90. The van der Waals surface area contributed by atoms with Crippen LogP contribution in [0.3, 0.4) is 0 Å². The molecule has 3 heteroatoms. The molecule has 0 aliphatic heterocycles. The van der Waals surface area contributed by atoms with Gasteiger partial charge in [0.1, 0.15) is 0 Å². The number of hydrogen-bond donors (Lipinski definition) is 1. The number of carbonyl (C=O) groups is 1. The molecule has 0 saturated carbocycles. The maximum Gasteiger partial charge on any atom is 0.337 e.